The molecule has 2 rings (SSSR count). The zero-order valence-electron chi connectivity index (χ0n) is 10.8. The zero-order valence-corrected chi connectivity index (χ0v) is 11.5. The fourth-order valence-electron chi connectivity index (χ4n) is 2.43. The molecule has 5 nitrogen and oxygen atoms in total. The molecule has 1 aliphatic heterocycles. The van der Waals surface area contributed by atoms with E-state index >= 15 is 0 Å². The first-order valence-corrected chi connectivity index (χ1v) is 6.80. The normalized spacial score (nSPS) is 18.5. The first-order chi connectivity index (χ1) is 9.00. The van der Waals surface area contributed by atoms with E-state index in [9.17, 15) is 14.0 Å². The first kappa shape index (κ1) is 14.3. The Hall–Kier alpha value is -1.14. The molecule has 0 aromatic carbocycles. The third-order valence-electron chi connectivity index (χ3n) is 3.55. The SMILES string of the molecule is CC(Cn1c(=O)[nH]c(Cl)c(F)c1=O)N1CCCCC1. The van der Waals surface area contributed by atoms with E-state index in [2.05, 4.69) is 9.88 Å². The van der Waals surface area contributed by atoms with Gasteiger partial charge in [-0.3, -0.25) is 19.2 Å². The van der Waals surface area contributed by atoms with Gasteiger partial charge in [-0.25, -0.2) is 4.79 Å². The molecule has 1 aliphatic rings. The van der Waals surface area contributed by atoms with Gasteiger partial charge >= 0.3 is 5.69 Å². The van der Waals surface area contributed by atoms with E-state index < -0.39 is 22.2 Å². The molecule has 1 unspecified atom stereocenters. The maximum atomic E-state index is 13.4. The predicted molar refractivity (Wildman–Crippen MR) is 71.2 cm³/mol. The van der Waals surface area contributed by atoms with Crippen LogP contribution in [0, 0.1) is 5.82 Å². The molecule has 1 aromatic heterocycles. The Kier molecular flexibility index (Phi) is 4.42. The second kappa shape index (κ2) is 5.88. The Labute approximate surface area is 115 Å². The number of aromatic amines is 1. The molecule has 1 saturated heterocycles. The van der Waals surface area contributed by atoms with E-state index in [0.29, 0.717) is 0 Å². The molecule has 1 aromatic rings. The van der Waals surface area contributed by atoms with Crippen molar-refractivity contribution in [3.05, 3.63) is 31.8 Å². The molecule has 1 atom stereocenters. The van der Waals surface area contributed by atoms with Gasteiger partial charge in [0.1, 0.15) is 0 Å². The van der Waals surface area contributed by atoms with E-state index in [1.165, 1.54) is 6.42 Å². The number of hydrogen-bond acceptors (Lipinski definition) is 3. The molecule has 0 radical (unpaired) electrons. The number of nitrogens with zero attached hydrogens (tertiary/aromatic N) is 2. The lowest BCUT2D eigenvalue weighted by Gasteiger charge is -2.32. The summed E-state index contributed by atoms with van der Waals surface area (Å²) in [7, 11) is 0. The maximum Gasteiger partial charge on any atom is 0.329 e. The van der Waals surface area contributed by atoms with Crippen molar-refractivity contribution in [3.63, 3.8) is 0 Å². The van der Waals surface area contributed by atoms with Crippen molar-refractivity contribution >= 4 is 11.6 Å². The van der Waals surface area contributed by atoms with Crippen molar-refractivity contribution in [2.24, 2.45) is 0 Å². The van der Waals surface area contributed by atoms with E-state index in [4.69, 9.17) is 11.6 Å². The van der Waals surface area contributed by atoms with E-state index in [1.54, 1.807) is 0 Å². The zero-order chi connectivity index (χ0) is 14.0. The standard InChI is InChI=1S/C12H17ClFN3O2/c1-8(16-5-3-2-4-6-16)7-17-11(18)9(14)10(13)15-12(17)19/h8H,2-7H2,1H3,(H,15,19). The van der Waals surface area contributed by atoms with Crippen LogP contribution in [0.4, 0.5) is 4.39 Å². The summed E-state index contributed by atoms with van der Waals surface area (Å²) < 4.78 is 14.3. The first-order valence-electron chi connectivity index (χ1n) is 6.43. The smallest absolute Gasteiger partial charge is 0.299 e. The fourth-order valence-corrected chi connectivity index (χ4v) is 2.59. The van der Waals surface area contributed by atoms with Gasteiger partial charge < -0.3 is 0 Å². The van der Waals surface area contributed by atoms with Crippen LogP contribution >= 0.6 is 11.6 Å². The van der Waals surface area contributed by atoms with Crippen molar-refractivity contribution < 1.29 is 4.39 Å². The van der Waals surface area contributed by atoms with Gasteiger partial charge in [-0.05, 0) is 32.9 Å². The number of likely N-dealkylation sites (tertiary alicyclic amines) is 1. The molecule has 0 saturated carbocycles. The van der Waals surface area contributed by atoms with Crippen molar-refractivity contribution in [1.29, 1.82) is 0 Å². The maximum absolute atomic E-state index is 13.4. The summed E-state index contributed by atoms with van der Waals surface area (Å²) in [6.07, 6.45) is 3.44. The molecule has 1 N–H and O–H groups in total. The van der Waals surface area contributed by atoms with Crippen molar-refractivity contribution in [3.8, 4) is 0 Å². The van der Waals surface area contributed by atoms with Crippen LogP contribution in [-0.2, 0) is 6.54 Å². The Morgan fingerprint density at radius 2 is 1.95 bits per heavy atom. The topological polar surface area (TPSA) is 58.1 Å². The molecule has 19 heavy (non-hydrogen) atoms. The second-order valence-corrected chi connectivity index (χ2v) is 5.30. The molecule has 0 spiro atoms. The van der Waals surface area contributed by atoms with E-state index in [-0.39, 0.29) is 12.6 Å². The van der Waals surface area contributed by atoms with Crippen molar-refractivity contribution in [1.82, 2.24) is 14.5 Å². The number of rotatable bonds is 3. The molecule has 0 amide bonds. The average molecular weight is 290 g/mol. The van der Waals surface area contributed by atoms with Gasteiger partial charge in [0, 0.05) is 12.6 Å². The summed E-state index contributed by atoms with van der Waals surface area (Å²) in [4.78, 5) is 27.7. The van der Waals surface area contributed by atoms with E-state index in [0.717, 1.165) is 30.5 Å². The fraction of sp³-hybridized carbons (Fsp3) is 0.667. The summed E-state index contributed by atoms with van der Waals surface area (Å²) in [5.74, 6) is -1.10. The van der Waals surface area contributed by atoms with Crippen LogP contribution in [0.5, 0.6) is 0 Å². The Bertz CT molecular complexity index is 563. The van der Waals surface area contributed by atoms with Gasteiger partial charge in [0.2, 0.25) is 5.82 Å². The van der Waals surface area contributed by atoms with Crippen LogP contribution in [-0.4, -0.2) is 33.6 Å². The third-order valence-corrected chi connectivity index (χ3v) is 3.81. The highest BCUT2D eigenvalue weighted by Crippen LogP contribution is 2.12. The molecule has 7 heteroatoms. The third kappa shape index (κ3) is 3.06. The number of halogens is 2. The lowest BCUT2D eigenvalue weighted by Crippen LogP contribution is -2.46. The largest absolute Gasteiger partial charge is 0.329 e. The van der Waals surface area contributed by atoms with Crippen LogP contribution in [0.15, 0.2) is 9.59 Å². The van der Waals surface area contributed by atoms with Gasteiger partial charge in [0.25, 0.3) is 5.56 Å². The Balaban J connectivity index is 2.21. The molecule has 106 valence electrons. The molecular formula is C12H17ClFN3O2. The van der Waals surface area contributed by atoms with Crippen LogP contribution in [0.3, 0.4) is 0 Å². The highest BCUT2D eigenvalue weighted by molar-refractivity contribution is 6.29. The van der Waals surface area contributed by atoms with Crippen LogP contribution in [0.25, 0.3) is 0 Å². The van der Waals surface area contributed by atoms with Gasteiger partial charge in [-0.2, -0.15) is 4.39 Å². The lowest BCUT2D eigenvalue weighted by molar-refractivity contribution is 0.157. The van der Waals surface area contributed by atoms with Gasteiger partial charge in [0.05, 0.1) is 0 Å². The number of hydrogen-bond donors (Lipinski definition) is 1. The monoisotopic (exact) mass is 289 g/mol. The van der Waals surface area contributed by atoms with Gasteiger partial charge in [-0.15, -0.1) is 0 Å². The minimum atomic E-state index is -1.10. The number of aromatic nitrogens is 2. The second-order valence-electron chi connectivity index (χ2n) is 4.92. The highest BCUT2D eigenvalue weighted by atomic mass is 35.5. The number of nitrogens with one attached hydrogen (secondary N) is 1. The summed E-state index contributed by atoms with van der Waals surface area (Å²) in [6, 6.07) is 0.0136. The molecule has 1 fully saturated rings. The summed E-state index contributed by atoms with van der Waals surface area (Å²) in [6.45, 7) is 4.00. The molecule has 2 heterocycles. The Morgan fingerprint density at radius 3 is 2.58 bits per heavy atom. The van der Waals surface area contributed by atoms with E-state index in [1.807, 2.05) is 6.92 Å². The van der Waals surface area contributed by atoms with Crippen LogP contribution in [0.2, 0.25) is 5.15 Å². The molecule has 0 bridgehead atoms. The average Bonchev–Trinajstić information content (AvgIpc) is 2.42. The van der Waals surface area contributed by atoms with Gasteiger partial charge in [0.15, 0.2) is 5.15 Å². The quantitative estimate of drug-likeness (QED) is 0.851. The van der Waals surface area contributed by atoms with Crippen LogP contribution < -0.4 is 11.2 Å². The summed E-state index contributed by atoms with van der Waals surface area (Å²) >= 11 is 5.42. The van der Waals surface area contributed by atoms with Gasteiger partial charge in [-0.1, -0.05) is 18.0 Å². The number of H-pyrrole nitrogens is 1. The summed E-state index contributed by atoms with van der Waals surface area (Å²) in [5.41, 5.74) is -1.63. The number of piperidine rings is 1. The molecular weight excluding hydrogens is 273 g/mol. The predicted octanol–water partition coefficient (Wildman–Crippen LogP) is 1.20. The van der Waals surface area contributed by atoms with Crippen LogP contribution in [0.1, 0.15) is 26.2 Å². The lowest BCUT2D eigenvalue weighted by atomic mass is 10.1. The Morgan fingerprint density at radius 1 is 1.32 bits per heavy atom. The minimum Gasteiger partial charge on any atom is -0.299 e. The molecule has 0 aliphatic carbocycles. The van der Waals surface area contributed by atoms with Crippen molar-refractivity contribution in [2.75, 3.05) is 13.1 Å². The van der Waals surface area contributed by atoms with Crippen molar-refractivity contribution in [2.45, 2.75) is 38.8 Å². The minimum absolute atomic E-state index is 0.0136. The summed E-state index contributed by atoms with van der Waals surface area (Å²) in [5, 5.41) is -0.531. The highest BCUT2D eigenvalue weighted by Gasteiger charge is 2.20.